The zero-order valence-corrected chi connectivity index (χ0v) is 12.0. The van der Waals surface area contributed by atoms with Crippen molar-refractivity contribution in [2.24, 2.45) is 0 Å². The lowest BCUT2D eigenvalue weighted by molar-refractivity contribution is 0.872. The van der Waals surface area contributed by atoms with Crippen LogP contribution in [-0.4, -0.2) is 9.97 Å². The van der Waals surface area contributed by atoms with Crippen molar-refractivity contribution in [2.75, 3.05) is 5.32 Å². The number of anilines is 1. The van der Waals surface area contributed by atoms with Gasteiger partial charge in [-0.25, -0.2) is 4.98 Å². The number of hydrogen-bond donors (Lipinski definition) is 1. The summed E-state index contributed by atoms with van der Waals surface area (Å²) in [7, 11) is 0. The second-order valence-electron chi connectivity index (χ2n) is 4.54. The van der Waals surface area contributed by atoms with Gasteiger partial charge < -0.3 is 5.32 Å². The fourth-order valence-electron chi connectivity index (χ4n) is 2.03. The molecule has 1 N–H and O–H groups in total. The molecule has 0 aliphatic carbocycles. The van der Waals surface area contributed by atoms with E-state index in [0.717, 1.165) is 16.4 Å². The third-order valence-electron chi connectivity index (χ3n) is 3.07. The van der Waals surface area contributed by atoms with Gasteiger partial charge >= 0.3 is 0 Å². The van der Waals surface area contributed by atoms with Crippen LogP contribution in [0, 0.1) is 0 Å². The van der Waals surface area contributed by atoms with Crippen molar-refractivity contribution in [1.29, 1.82) is 0 Å². The molecule has 0 unspecified atom stereocenters. The lowest BCUT2D eigenvalue weighted by Crippen LogP contribution is -2.08. The van der Waals surface area contributed by atoms with Crippen molar-refractivity contribution in [1.82, 2.24) is 9.97 Å². The van der Waals surface area contributed by atoms with E-state index < -0.39 is 0 Å². The van der Waals surface area contributed by atoms with Crippen molar-refractivity contribution in [3.63, 3.8) is 0 Å². The number of nitrogens with one attached hydrogen (secondary N) is 1. The molecule has 0 spiro atoms. The molecule has 2 aromatic heterocycles. The summed E-state index contributed by atoms with van der Waals surface area (Å²) in [5.41, 5.74) is 2.14. The number of rotatable bonds is 4. The molecular weight excluding hydrogens is 266 g/mol. The molecule has 100 valence electrons. The molecule has 3 aromatic rings. The van der Waals surface area contributed by atoms with Gasteiger partial charge in [-0.15, -0.1) is 11.3 Å². The van der Waals surface area contributed by atoms with E-state index in [1.165, 1.54) is 5.56 Å². The third-order valence-corrected chi connectivity index (χ3v) is 3.96. The number of hydrogen-bond acceptors (Lipinski definition) is 4. The van der Waals surface area contributed by atoms with E-state index in [2.05, 4.69) is 40.4 Å². The molecule has 0 bridgehead atoms. The van der Waals surface area contributed by atoms with Crippen molar-refractivity contribution >= 4 is 17.2 Å². The molecule has 0 saturated heterocycles. The first-order chi connectivity index (χ1) is 9.83. The van der Waals surface area contributed by atoms with Gasteiger partial charge in [-0.3, -0.25) is 4.98 Å². The Morgan fingerprint density at radius 2 is 1.90 bits per heavy atom. The fourth-order valence-corrected chi connectivity index (χ4v) is 2.71. The highest BCUT2D eigenvalue weighted by Gasteiger charge is 2.07. The molecule has 1 atom stereocenters. The van der Waals surface area contributed by atoms with Gasteiger partial charge in [0.1, 0.15) is 11.5 Å². The molecule has 0 radical (unpaired) electrons. The van der Waals surface area contributed by atoms with E-state index >= 15 is 0 Å². The van der Waals surface area contributed by atoms with E-state index in [0.29, 0.717) is 0 Å². The Hall–Kier alpha value is -2.20. The number of aromatic nitrogens is 2. The first-order valence-electron chi connectivity index (χ1n) is 6.50. The quantitative estimate of drug-likeness (QED) is 0.771. The molecule has 3 nitrogen and oxygen atoms in total. The van der Waals surface area contributed by atoms with Gasteiger partial charge in [0.2, 0.25) is 0 Å². The Kier molecular flexibility index (Phi) is 3.74. The first kappa shape index (κ1) is 12.8. The molecular formula is C16H15N3S. The second-order valence-corrected chi connectivity index (χ2v) is 5.49. The molecule has 0 saturated carbocycles. The lowest BCUT2D eigenvalue weighted by atomic mass is 10.1. The second kappa shape index (κ2) is 5.84. The van der Waals surface area contributed by atoms with Crippen molar-refractivity contribution in [3.05, 3.63) is 65.8 Å². The summed E-state index contributed by atoms with van der Waals surface area (Å²) >= 11 is 1.67. The van der Waals surface area contributed by atoms with Crippen LogP contribution in [0.15, 0.2) is 60.2 Å². The molecule has 1 aromatic carbocycles. The highest BCUT2D eigenvalue weighted by Crippen LogP contribution is 2.24. The van der Waals surface area contributed by atoms with Crippen molar-refractivity contribution in [3.8, 4) is 10.6 Å². The average molecular weight is 281 g/mol. The van der Waals surface area contributed by atoms with Crippen LogP contribution >= 0.6 is 11.3 Å². The van der Waals surface area contributed by atoms with Gasteiger partial charge in [-0.1, -0.05) is 36.4 Å². The van der Waals surface area contributed by atoms with Crippen LogP contribution in [0.1, 0.15) is 18.5 Å². The molecule has 4 heteroatoms. The smallest absolute Gasteiger partial charge is 0.145 e. The van der Waals surface area contributed by atoms with Gasteiger partial charge in [0.25, 0.3) is 0 Å². The fraction of sp³-hybridized carbons (Fsp3) is 0.125. The van der Waals surface area contributed by atoms with Crippen molar-refractivity contribution < 1.29 is 0 Å². The molecule has 3 rings (SSSR count). The largest absolute Gasteiger partial charge is 0.362 e. The lowest BCUT2D eigenvalue weighted by Gasteiger charge is -2.14. The predicted octanol–water partition coefficient (Wildman–Crippen LogP) is 4.38. The SMILES string of the molecule is C[C@@H](Nc1cncc(-c2cccs2)n1)c1ccccc1. The minimum atomic E-state index is 0.198. The van der Waals surface area contributed by atoms with Crippen molar-refractivity contribution in [2.45, 2.75) is 13.0 Å². The van der Waals surface area contributed by atoms with Gasteiger partial charge in [0, 0.05) is 6.04 Å². The molecule has 0 fully saturated rings. The van der Waals surface area contributed by atoms with Crippen LogP contribution in [0.5, 0.6) is 0 Å². The summed E-state index contributed by atoms with van der Waals surface area (Å²) in [6, 6.07) is 14.6. The summed E-state index contributed by atoms with van der Waals surface area (Å²) in [4.78, 5) is 10.0. The summed E-state index contributed by atoms with van der Waals surface area (Å²) < 4.78 is 0. The number of benzene rings is 1. The van der Waals surface area contributed by atoms with Gasteiger partial charge in [0.05, 0.1) is 17.3 Å². The normalized spacial score (nSPS) is 12.1. The first-order valence-corrected chi connectivity index (χ1v) is 7.38. The minimum absolute atomic E-state index is 0.198. The van der Waals surface area contributed by atoms with Gasteiger partial charge in [0.15, 0.2) is 0 Å². The standard InChI is InChI=1S/C16H15N3S/c1-12(13-6-3-2-4-7-13)18-16-11-17-10-14(19-16)15-8-5-9-20-15/h2-12H,1H3,(H,18,19)/t12-/m1/s1. The monoisotopic (exact) mass is 281 g/mol. The topological polar surface area (TPSA) is 37.8 Å². The highest BCUT2D eigenvalue weighted by atomic mass is 32.1. The van der Waals surface area contributed by atoms with E-state index in [1.807, 2.05) is 29.6 Å². The predicted molar refractivity (Wildman–Crippen MR) is 83.8 cm³/mol. The summed E-state index contributed by atoms with van der Waals surface area (Å²) in [5, 5.41) is 5.44. The summed E-state index contributed by atoms with van der Waals surface area (Å²) in [6.45, 7) is 2.12. The van der Waals surface area contributed by atoms with E-state index in [4.69, 9.17) is 0 Å². The Balaban J connectivity index is 1.80. The van der Waals surface area contributed by atoms with Gasteiger partial charge in [-0.05, 0) is 23.9 Å². The zero-order chi connectivity index (χ0) is 13.8. The van der Waals surface area contributed by atoms with Crippen LogP contribution in [0.25, 0.3) is 10.6 Å². The van der Waals surface area contributed by atoms with Crippen LogP contribution in [0.3, 0.4) is 0 Å². The minimum Gasteiger partial charge on any atom is -0.362 e. The maximum Gasteiger partial charge on any atom is 0.145 e. The third kappa shape index (κ3) is 2.86. The van der Waals surface area contributed by atoms with E-state index in [1.54, 1.807) is 23.7 Å². The Morgan fingerprint density at radius 3 is 2.65 bits per heavy atom. The van der Waals surface area contributed by atoms with E-state index in [9.17, 15) is 0 Å². The average Bonchev–Trinajstić information content (AvgIpc) is 3.03. The zero-order valence-electron chi connectivity index (χ0n) is 11.2. The van der Waals surface area contributed by atoms with Crippen LogP contribution < -0.4 is 5.32 Å². The number of nitrogens with zero attached hydrogens (tertiary/aromatic N) is 2. The maximum atomic E-state index is 4.62. The van der Waals surface area contributed by atoms with Crippen LogP contribution in [-0.2, 0) is 0 Å². The number of thiophene rings is 1. The van der Waals surface area contributed by atoms with Crippen LogP contribution in [0.2, 0.25) is 0 Å². The Morgan fingerprint density at radius 1 is 1.05 bits per heavy atom. The summed E-state index contributed by atoms with van der Waals surface area (Å²) in [6.07, 6.45) is 3.56. The Labute approximate surface area is 122 Å². The summed E-state index contributed by atoms with van der Waals surface area (Å²) in [5.74, 6) is 0.798. The highest BCUT2D eigenvalue weighted by molar-refractivity contribution is 7.13. The maximum absolute atomic E-state index is 4.62. The van der Waals surface area contributed by atoms with Gasteiger partial charge in [-0.2, -0.15) is 0 Å². The molecule has 2 heterocycles. The molecule has 0 amide bonds. The molecule has 0 aliphatic rings. The van der Waals surface area contributed by atoms with E-state index in [-0.39, 0.29) is 6.04 Å². The molecule has 20 heavy (non-hydrogen) atoms. The van der Waals surface area contributed by atoms with Crippen LogP contribution in [0.4, 0.5) is 5.82 Å². The Bertz CT molecular complexity index is 665. The molecule has 0 aliphatic heterocycles.